The number of aryl methyl sites for hydroxylation is 2. The van der Waals surface area contributed by atoms with Crippen molar-refractivity contribution in [3.8, 4) is 22.8 Å². The average Bonchev–Trinajstić information content (AvgIpc) is 3.18. The van der Waals surface area contributed by atoms with Gasteiger partial charge in [-0.05, 0) is 37.6 Å². The molecule has 1 saturated heterocycles. The number of likely N-dealkylation sites (tertiary alicyclic amines) is 1. The number of alkyl halides is 3. The van der Waals surface area contributed by atoms with Crippen LogP contribution in [-0.4, -0.2) is 57.5 Å². The highest BCUT2D eigenvalue weighted by Gasteiger charge is 2.31. The van der Waals surface area contributed by atoms with E-state index in [1.165, 1.54) is 24.3 Å². The number of aromatic amines is 1. The molecule has 0 aliphatic carbocycles. The molecule has 37 heavy (non-hydrogen) atoms. The van der Waals surface area contributed by atoms with Crippen molar-refractivity contribution < 1.29 is 32.2 Å². The summed E-state index contributed by atoms with van der Waals surface area (Å²) in [4.78, 5) is 30.8. The van der Waals surface area contributed by atoms with Gasteiger partial charge in [0.05, 0.1) is 12.1 Å². The molecule has 9 nitrogen and oxygen atoms in total. The number of aromatic nitrogens is 3. The first kappa shape index (κ1) is 26.0. The van der Waals surface area contributed by atoms with E-state index < -0.39 is 12.3 Å². The number of hydrogen-bond donors (Lipinski definition) is 2. The zero-order valence-electron chi connectivity index (χ0n) is 20.3. The molecular formula is C25H26F3N5O4. The minimum atomic E-state index is -4.77. The molecule has 0 unspecified atom stereocenters. The SMILES string of the molecule is Cc1n[nH]c(C)c1-c1cnc(OC2CCN(C(=O)Cc3ccc(OC(F)(F)F)cc3)CC2)c(C(N)=O)c1. The summed E-state index contributed by atoms with van der Waals surface area (Å²) in [6, 6.07) is 6.86. The maximum atomic E-state index is 12.7. The first-order valence-electron chi connectivity index (χ1n) is 11.6. The largest absolute Gasteiger partial charge is 0.573 e. The fourth-order valence-corrected chi connectivity index (χ4v) is 4.31. The number of carbonyl (C=O) groups excluding carboxylic acids is 2. The van der Waals surface area contributed by atoms with Crippen molar-refractivity contribution in [2.75, 3.05) is 13.1 Å². The van der Waals surface area contributed by atoms with E-state index >= 15 is 0 Å². The van der Waals surface area contributed by atoms with E-state index in [2.05, 4.69) is 19.9 Å². The molecular weight excluding hydrogens is 491 g/mol. The molecule has 3 aromatic rings. The number of carbonyl (C=O) groups is 2. The summed E-state index contributed by atoms with van der Waals surface area (Å²) in [6.07, 6.45) is -2.33. The number of pyridine rings is 1. The molecule has 12 heteroatoms. The Hall–Kier alpha value is -4.09. The summed E-state index contributed by atoms with van der Waals surface area (Å²) in [6.45, 7) is 4.57. The van der Waals surface area contributed by atoms with Crippen molar-refractivity contribution in [1.82, 2.24) is 20.1 Å². The normalized spacial score (nSPS) is 14.5. The Morgan fingerprint density at radius 3 is 2.41 bits per heavy atom. The van der Waals surface area contributed by atoms with Gasteiger partial charge in [-0.3, -0.25) is 14.7 Å². The molecule has 0 atom stereocenters. The number of nitrogens with one attached hydrogen (secondary N) is 1. The van der Waals surface area contributed by atoms with Gasteiger partial charge in [-0.1, -0.05) is 12.1 Å². The van der Waals surface area contributed by atoms with Crippen LogP contribution in [0, 0.1) is 13.8 Å². The number of piperidine rings is 1. The fourth-order valence-electron chi connectivity index (χ4n) is 4.31. The molecule has 0 saturated carbocycles. The molecule has 2 amide bonds. The van der Waals surface area contributed by atoms with Crippen molar-refractivity contribution in [3.05, 3.63) is 59.0 Å². The van der Waals surface area contributed by atoms with Gasteiger partial charge in [-0.2, -0.15) is 5.10 Å². The van der Waals surface area contributed by atoms with E-state index in [1.807, 2.05) is 13.8 Å². The number of hydrogen-bond acceptors (Lipinski definition) is 6. The predicted octanol–water partition coefficient (Wildman–Crippen LogP) is 3.70. The number of ether oxygens (including phenoxy) is 2. The zero-order valence-corrected chi connectivity index (χ0v) is 20.3. The van der Waals surface area contributed by atoms with Crippen LogP contribution < -0.4 is 15.2 Å². The number of halogens is 3. The number of rotatable bonds is 7. The van der Waals surface area contributed by atoms with Gasteiger partial charge in [0.1, 0.15) is 17.4 Å². The Bertz CT molecular complexity index is 1260. The molecule has 0 bridgehead atoms. The Morgan fingerprint density at radius 2 is 1.84 bits per heavy atom. The number of primary amides is 1. The molecule has 1 aromatic carbocycles. The molecule has 0 radical (unpaired) electrons. The van der Waals surface area contributed by atoms with Crippen molar-refractivity contribution in [2.24, 2.45) is 5.73 Å². The van der Waals surface area contributed by atoms with Crippen molar-refractivity contribution >= 4 is 11.8 Å². The third-order valence-corrected chi connectivity index (χ3v) is 6.12. The quantitative estimate of drug-likeness (QED) is 0.493. The summed E-state index contributed by atoms with van der Waals surface area (Å²) in [7, 11) is 0. The summed E-state index contributed by atoms with van der Waals surface area (Å²) in [5, 5.41) is 7.07. The van der Waals surface area contributed by atoms with Crippen LogP contribution in [-0.2, 0) is 11.2 Å². The second-order valence-corrected chi connectivity index (χ2v) is 8.82. The molecule has 1 aliphatic heterocycles. The average molecular weight is 518 g/mol. The topological polar surface area (TPSA) is 123 Å². The van der Waals surface area contributed by atoms with Gasteiger partial charge in [-0.25, -0.2) is 4.98 Å². The van der Waals surface area contributed by atoms with Gasteiger partial charge in [0.15, 0.2) is 0 Å². The van der Waals surface area contributed by atoms with Gasteiger partial charge in [-0.15, -0.1) is 13.2 Å². The van der Waals surface area contributed by atoms with Gasteiger partial charge in [0.25, 0.3) is 5.91 Å². The standard InChI is InChI=1S/C25H26F3N5O4/c1-14-22(15(2)32-31-14)17-12-20(23(29)35)24(30-13-17)36-18-7-9-33(10-8-18)21(34)11-16-3-5-19(6-4-16)37-25(26,27)28/h3-6,12-13,18H,7-11H2,1-2H3,(H2,29,35)(H,31,32). The Kier molecular flexibility index (Phi) is 7.37. The Balaban J connectivity index is 1.35. The highest BCUT2D eigenvalue weighted by molar-refractivity contribution is 5.96. The Morgan fingerprint density at radius 1 is 1.16 bits per heavy atom. The fraction of sp³-hybridized carbons (Fsp3) is 0.360. The minimum absolute atomic E-state index is 0.0551. The van der Waals surface area contributed by atoms with Gasteiger partial charge >= 0.3 is 6.36 Å². The van der Waals surface area contributed by atoms with Crippen molar-refractivity contribution in [2.45, 2.75) is 45.6 Å². The van der Waals surface area contributed by atoms with Crippen LogP contribution in [0.5, 0.6) is 11.6 Å². The van der Waals surface area contributed by atoms with Crippen molar-refractivity contribution in [1.29, 1.82) is 0 Å². The number of nitrogens with two attached hydrogens (primary N) is 1. The monoisotopic (exact) mass is 517 g/mol. The lowest BCUT2D eigenvalue weighted by atomic mass is 10.0. The number of amides is 2. The molecule has 3 heterocycles. The van der Waals surface area contributed by atoms with Crippen LogP contribution in [0.25, 0.3) is 11.1 Å². The summed E-state index contributed by atoms with van der Waals surface area (Å²) >= 11 is 0. The van der Waals surface area contributed by atoms with Crippen molar-refractivity contribution in [3.63, 3.8) is 0 Å². The number of H-pyrrole nitrogens is 1. The van der Waals surface area contributed by atoms with E-state index in [4.69, 9.17) is 10.5 Å². The van der Waals surface area contributed by atoms with E-state index in [1.54, 1.807) is 17.2 Å². The van der Waals surface area contributed by atoms with E-state index in [9.17, 15) is 22.8 Å². The van der Waals surface area contributed by atoms with E-state index in [0.717, 1.165) is 17.0 Å². The van der Waals surface area contributed by atoms with Crippen LogP contribution in [0.4, 0.5) is 13.2 Å². The lowest BCUT2D eigenvalue weighted by Gasteiger charge is -2.32. The molecule has 196 valence electrons. The third-order valence-electron chi connectivity index (χ3n) is 6.12. The maximum absolute atomic E-state index is 12.7. The highest BCUT2D eigenvalue weighted by Crippen LogP contribution is 2.30. The first-order chi connectivity index (χ1) is 17.5. The zero-order chi connectivity index (χ0) is 26.7. The predicted molar refractivity (Wildman–Crippen MR) is 127 cm³/mol. The van der Waals surface area contributed by atoms with Crippen LogP contribution >= 0.6 is 0 Å². The van der Waals surface area contributed by atoms with E-state index in [-0.39, 0.29) is 35.6 Å². The molecule has 4 rings (SSSR count). The second kappa shape index (κ2) is 10.5. The molecule has 2 aromatic heterocycles. The third kappa shape index (κ3) is 6.38. The molecule has 0 spiro atoms. The highest BCUT2D eigenvalue weighted by atomic mass is 19.4. The van der Waals surface area contributed by atoms with Gasteiger partial charge in [0, 0.05) is 48.9 Å². The van der Waals surface area contributed by atoms with E-state index in [0.29, 0.717) is 37.1 Å². The summed E-state index contributed by atoms with van der Waals surface area (Å²) in [5.41, 5.74) is 9.48. The smallest absolute Gasteiger partial charge is 0.474 e. The second-order valence-electron chi connectivity index (χ2n) is 8.82. The van der Waals surface area contributed by atoms with Gasteiger partial charge < -0.3 is 20.1 Å². The van der Waals surface area contributed by atoms with Crippen LogP contribution in [0.15, 0.2) is 36.5 Å². The molecule has 1 aliphatic rings. The van der Waals surface area contributed by atoms with Crippen LogP contribution in [0.2, 0.25) is 0 Å². The first-order valence-corrected chi connectivity index (χ1v) is 11.6. The maximum Gasteiger partial charge on any atom is 0.573 e. The summed E-state index contributed by atoms with van der Waals surface area (Å²) < 4.78 is 46.8. The lowest BCUT2D eigenvalue weighted by molar-refractivity contribution is -0.274. The number of benzene rings is 1. The summed E-state index contributed by atoms with van der Waals surface area (Å²) in [5.74, 6) is -1.01. The Labute approximate surface area is 210 Å². The molecule has 3 N–H and O–H groups in total. The molecule has 1 fully saturated rings. The minimum Gasteiger partial charge on any atom is -0.474 e. The van der Waals surface area contributed by atoms with Crippen LogP contribution in [0.1, 0.15) is 40.2 Å². The van der Waals surface area contributed by atoms with Gasteiger partial charge in [0.2, 0.25) is 11.8 Å². The van der Waals surface area contributed by atoms with Crippen LogP contribution in [0.3, 0.4) is 0 Å². The number of nitrogens with zero attached hydrogens (tertiary/aromatic N) is 3. The lowest BCUT2D eigenvalue weighted by Crippen LogP contribution is -2.42.